The van der Waals surface area contributed by atoms with E-state index < -0.39 is 6.04 Å². The highest BCUT2D eigenvalue weighted by atomic mass is 35.5. The van der Waals surface area contributed by atoms with E-state index in [1.54, 1.807) is 11.0 Å². The van der Waals surface area contributed by atoms with Crippen molar-refractivity contribution in [3.63, 3.8) is 0 Å². The highest BCUT2D eigenvalue weighted by molar-refractivity contribution is 6.30. The van der Waals surface area contributed by atoms with Crippen LogP contribution in [0, 0.1) is 0 Å². The third-order valence-corrected chi connectivity index (χ3v) is 5.78. The highest BCUT2D eigenvalue weighted by Crippen LogP contribution is 2.35. The van der Waals surface area contributed by atoms with Gasteiger partial charge >= 0.3 is 0 Å². The monoisotopic (exact) mass is 382 g/mol. The smallest absolute Gasteiger partial charge is 0.255 e. The van der Waals surface area contributed by atoms with Crippen molar-refractivity contribution in [2.24, 2.45) is 0 Å². The number of carbonyl (C=O) groups is 2. The van der Waals surface area contributed by atoms with Crippen molar-refractivity contribution in [1.82, 2.24) is 10.2 Å². The van der Waals surface area contributed by atoms with Crippen molar-refractivity contribution >= 4 is 23.4 Å². The van der Waals surface area contributed by atoms with Crippen LogP contribution in [-0.4, -0.2) is 22.8 Å². The normalized spacial score (nSPS) is 19.8. The zero-order valence-corrected chi connectivity index (χ0v) is 15.9. The summed E-state index contributed by atoms with van der Waals surface area (Å²) < 4.78 is 0. The van der Waals surface area contributed by atoms with E-state index in [1.807, 2.05) is 42.5 Å². The SMILES string of the molecule is O=C(NC1CCCCC1)[C@@H]1c2ccccc2C(=O)N1Cc1ccc(Cl)cc1. The minimum Gasteiger partial charge on any atom is -0.351 e. The number of rotatable bonds is 4. The molecule has 1 aliphatic carbocycles. The first kappa shape index (κ1) is 18.1. The van der Waals surface area contributed by atoms with Crippen LogP contribution in [0.2, 0.25) is 5.02 Å². The van der Waals surface area contributed by atoms with Gasteiger partial charge in [-0.1, -0.05) is 61.2 Å². The van der Waals surface area contributed by atoms with Gasteiger partial charge in [-0.3, -0.25) is 9.59 Å². The van der Waals surface area contributed by atoms with E-state index in [1.165, 1.54) is 6.42 Å². The summed E-state index contributed by atoms with van der Waals surface area (Å²) in [6.07, 6.45) is 5.58. The van der Waals surface area contributed by atoms with Crippen LogP contribution in [0.5, 0.6) is 0 Å². The van der Waals surface area contributed by atoms with Gasteiger partial charge in [0.25, 0.3) is 5.91 Å². The van der Waals surface area contributed by atoms with Crippen molar-refractivity contribution < 1.29 is 9.59 Å². The van der Waals surface area contributed by atoms with E-state index in [0.717, 1.165) is 36.8 Å². The van der Waals surface area contributed by atoms with Crippen LogP contribution in [0.15, 0.2) is 48.5 Å². The first-order chi connectivity index (χ1) is 13.1. The van der Waals surface area contributed by atoms with E-state index in [9.17, 15) is 9.59 Å². The standard InChI is InChI=1S/C22H23ClN2O2/c23-16-12-10-15(11-13-16)14-25-20(18-8-4-5-9-19(18)22(25)27)21(26)24-17-6-2-1-3-7-17/h4-5,8-13,17,20H,1-3,6-7,14H2,(H,24,26)/t20-/m0/s1. The number of fused-ring (bicyclic) bond motifs is 1. The van der Waals surface area contributed by atoms with E-state index in [0.29, 0.717) is 17.1 Å². The van der Waals surface area contributed by atoms with Gasteiger partial charge in [0.15, 0.2) is 0 Å². The Hall–Kier alpha value is -2.33. The molecule has 4 nitrogen and oxygen atoms in total. The molecule has 140 valence electrons. The molecular formula is C22H23ClN2O2. The molecule has 5 heteroatoms. The van der Waals surface area contributed by atoms with Crippen LogP contribution in [0.25, 0.3) is 0 Å². The van der Waals surface area contributed by atoms with Gasteiger partial charge in [-0.05, 0) is 42.2 Å². The lowest BCUT2D eigenvalue weighted by Crippen LogP contribution is -2.43. The molecule has 27 heavy (non-hydrogen) atoms. The average molecular weight is 383 g/mol. The highest BCUT2D eigenvalue weighted by Gasteiger charge is 2.41. The Bertz CT molecular complexity index is 844. The van der Waals surface area contributed by atoms with Crippen molar-refractivity contribution in [2.75, 3.05) is 0 Å². The number of benzene rings is 2. The quantitative estimate of drug-likeness (QED) is 0.847. The molecule has 0 spiro atoms. The Morgan fingerprint density at radius 2 is 1.74 bits per heavy atom. The molecule has 0 radical (unpaired) electrons. The molecule has 1 saturated carbocycles. The van der Waals surface area contributed by atoms with Gasteiger partial charge in [0.05, 0.1) is 0 Å². The maximum Gasteiger partial charge on any atom is 0.255 e. The third kappa shape index (κ3) is 3.72. The van der Waals surface area contributed by atoms with Crippen LogP contribution in [0.3, 0.4) is 0 Å². The summed E-state index contributed by atoms with van der Waals surface area (Å²) >= 11 is 5.97. The second-order valence-electron chi connectivity index (χ2n) is 7.39. The van der Waals surface area contributed by atoms with Gasteiger partial charge in [-0.25, -0.2) is 0 Å². The zero-order chi connectivity index (χ0) is 18.8. The van der Waals surface area contributed by atoms with Gasteiger partial charge < -0.3 is 10.2 Å². The minimum atomic E-state index is -0.577. The molecular weight excluding hydrogens is 360 g/mol. The molecule has 0 aromatic heterocycles. The number of nitrogens with one attached hydrogen (secondary N) is 1. The third-order valence-electron chi connectivity index (χ3n) is 5.52. The van der Waals surface area contributed by atoms with Crippen molar-refractivity contribution in [3.05, 3.63) is 70.2 Å². The number of hydrogen-bond donors (Lipinski definition) is 1. The van der Waals surface area contributed by atoms with Crippen LogP contribution in [-0.2, 0) is 11.3 Å². The maximum atomic E-state index is 13.2. The molecule has 1 heterocycles. The van der Waals surface area contributed by atoms with E-state index in [2.05, 4.69) is 5.32 Å². The second-order valence-corrected chi connectivity index (χ2v) is 7.83. The second kappa shape index (κ2) is 7.73. The van der Waals surface area contributed by atoms with Crippen molar-refractivity contribution in [2.45, 2.75) is 50.7 Å². The van der Waals surface area contributed by atoms with E-state index in [4.69, 9.17) is 11.6 Å². The number of amides is 2. The van der Waals surface area contributed by atoms with Crippen molar-refractivity contribution in [1.29, 1.82) is 0 Å². The Balaban J connectivity index is 1.60. The summed E-state index contributed by atoms with van der Waals surface area (Å²) in [5.41, 5.74) is 2.37. The molecule has 2 aromatic rings. The van der Waals surface area contributed by atoms with Gasteiger partial charge in [-0.2, -0.15) is 0 Å². The summed E-state index contributed by atoms with van der Waals surface area (Å²) in [5.74, 6) is -0.168. The van der Waals surface area contributed by atoms with Crippen LogP contribution >= 0.6 is 11.6 Å². The molecule has 0 bridgehead atoms. The number of halogens is 1. The van der Waals surface area contributed by atoms with Crippen molar-refractivity contribution in [3.8, 4) is 0 Å². The Labute approximate surface area is 164 Å². The van der Waals surface area contributed by atoms with Gasteiger partial charge in [0.1, 0.15) is 6.04 Å². The molecule has 2 aliphatic rings. The molecule has 1 N–H and O–H groups in total. The predicted molar refractivity (Wildman–Crippen MR) is 106 cm³/mol. The molecule has 0 saturated heterocycles. The summed E-state index contributed by atoms with van der Waals surface area (Å²) in [6, 6.07) is 14.5. The topological polar surface area (TPSA) is 49.4 Å². The van der Waals surface area contributed by atoms with Crippen LogP contribution < -0.4 is 5.32 Å². The number of hydrogen-bond acceptors (Lipinski definition) is 2. The molecule has 0 unspecified atom stereocenters. The molecule has 1 aliphatic heterocycles. The fraction of sp³-hybridized carbons (Fsp3) is 0.364. The van der Waals surface area contributed by atoms with Gasteiger partial charge in [0, 0.05) is 23.2 Å². The number of nitrogens with zero attached hydrogens (tertiary/aromatic N) is 1. The molecule has 4 rings (SSSR count). The summed E-state index contributed by atoms with van der Waals surface area (Å²) in [5, 5.41) is 3.85. The molecule has 1 atom stereocenters. The lowest BCUT2D eigenvalue weighted by atomic mass is 9.95. The molecule has 2 amide bonds. The minimum absolute atomic E-state index is 0.0748. The van der Waals surface area contributed by atoms with E-state index >= 15 is 0 Å². The number of carbonyl (C=O) groups excluding carboxylic acids is 2. The maximum absolute atomic E-state index is 13.2. The van der Waals surface area contributed by atoms with Gasteiger partial charge in [-0.15, -0.1) is 0 Å². The molecule has 2 aromatic carbocycles. The predicted octanol–water partition coefficient (Wildman–Crippen LogP) is 4.49. The fourth-order valence-corrected chi connectivity index (χ4v) is 4.26. The Kier molecular flexibility index (Phi) is 5.17. The molecule has 1 fully saturated rings. The van der Waals surface area contributed by atoms with Crippen LogP contribution in [0.1, 0.15) is 59.6 Å². The zero-order valence-electron chi connectivity index (χ0n) is 15.2. The summed E-state index contributed by atoms with van der Waals surface area (Å²) in [4.78, 5) is 27.8. The first-order valence-corrected chi connectivity index (χ1v) is 9.96. The largest absolute Gasteiger partial charge is 0.351 e. The van der Waals surface area contributed by atoms with Crippen LogP contribution in [0.4, 0.5) is 0 Å². The summed E-state index contributed by atoms with van der Waals surface area (Å²) in [7, 11) is 0. The Morgan fingerprint density at radius 1 is 1.04 bits per heavy atom. The van der Waals surface area contributed by atoms with Gasteiger partial charge in [0.2, 0.25) is 5.91 Å². The first-order valence-electron chi connectivity index (χ1n) is 9.58. The Morgan fingerprint density at radius 3 is 2.48 bits per heavy atom. The fourth-order valence-electron chi connectivity index (χ4n) is 4.13. The average Bonchev–Trinajstić information content (AvgIpc) is 2.97. The van der Waals surface area contributed by atoms with E-state index in [-0.39, 0.29) is 17.9 Å². The summed E-state index contributed by atoms with van der Waals surface area (Å²) in [6.45, 7) is 0.382. The lowest BCUT2D eigenvalue weighted by molar-refractivity contribution is -0.126. The lowest BCUT2D eigenvalue weighted by Gasteiger charge is -2.28.